The maximum atomic E-state index is 12.7. The Hall–Kier alpha value is -4.11. The molecule has 4 rings (SSSR count). The van der Waals surface area contributed by atoms with E-state index in [2.05, 4.69) is 37.7 Å². The van der Waals surface area contributed by atoms with Crippen LogP contribution in [0.15, 0.2) is 67.3 Å². The average Bonchev–Trinajstić information content (AvgIpc) is 3.29. The number of carbonyl (C=O) groups is 1. The molecule has 0 saturated heterocycles. The minimum atomic E-state index is -0.147. The molecule has 4 aromatic rings. The van der Waals surface area contributed by atoms with Gasteiger partial charge in [0, 0.05) is 54.7 Å². The van der Waals surface area contributed by atoms with E-state index in [1.165, 1.54) is 0 Å². The minimum Gasteiger partial charge on any atom is -0.395 e. The number of nitrogens with one attached hydrogen (secondary N) is 2. The predicted molar refractivity (Wildman–Crippen MR) is 129 cm³/mol. The second kappa shape index (κ2) is 11.2. The second-order valence-electron chi connectivity index (χ2n) is 7.67. The number of carbonyl (C=O) groups excluding carboxylic acids is 1. The molecule has 0 bridgehead atoms. The van der Waals surface area contributed by atoms with E-state index in [1.807, 2.05) is 41.1 Å². The number of hydrogen-bond donors (Lipinski definition) is 3. The third-order valence-corrected chi connectivity index (χ3v) is 5.49. The molecule has 0 aliphatic rings. The Balaban J connectivity index is 1.43. The molecule has 1 aromatic carbocycles. The molecule has 0 spiro atoms. The van der Waals surface area contributed by atoms with Crippen molar-refractivity contribution in [1.29, 1.82) is 0 Å². The van der Waals surface area contributed by atoms with Crippen LogP contribution in [0.4, 0.5) is 5.69 Å². The maximum Gasteiger partial charge on any atom is 0.251 e. The van der Waals surface area contributed by atoms with Crippen molar-refractivity contribution >= 4 is 11.6 Å². The Morgan fingerprint density at radius 2 is 1.82 bits per heavy atom. The fourth-order valence-electron chi connectivity index (χ4n) is 3.69. The Morgan fingerprint density at radius 1 is 1.00 bits per heavy atom. The monoisotopic (exact) mass is 457 g/mol. The summed E-state index contributed by atoms with van der Waals surface area (Å²) in [5.41, 5.74) is 4.41. The quantitative estimate of drug-likeness (QED) is 0.335. The second-order valence-corrected chi connectivity index (χ2v) is 7.67. The van der Waals surface area contributed by atoms with Crippen molar-refractivity contribution in [1.82, 2.24) is 30.0 Å². The molecule has 3 N–H and O–H groups in total. The Kier molecular flexibility index (Phi) is 7.56. The first-order valence-electron chi connectivity index (χ1n) is 11.2. The van der Waals surface area contributed by atoms with E-state index < -0.39 is 0 Å². The van der Waals surface area contributed by atoms with Crippen LogP contribution in [-0.4, -0.2) is 42.4 Å². The van der Waals surface area contributed by atoms with Crippen molar-refractivity contribution in [2.75, 3.05) is 11.9 Å². The number of hydrogen-bond acceptors (Lipinski definition) is 7. The van der Waals surface area contributed by atoms with Crippen LogP contribution in [0, 0.1) is 0 Å². The van der Waals surface area contributed by atoms with Gasteiger partial charge in [-0.25, -0.2) is 0 Å². The number of aliphatic hydroxyl groups excluding tert-OH is 1. The number of benzene rings is 1. The minimum absolute atomic E-state index is 0.0317. The Labute approximate surface area is 197 Å². The summed E-state index contributed by atoms with van der Waals surface area (Å²) < 4.78 is 1.87. The number of aliphatic hydroxyl groups is 1. The average molecular weight is 458 g/mol. The molecule has 0 aliphatic heterocycles. The fourth-order valence-corrected chi connectivity index (χ4v) is 3.69. The van der Waals surface area contributed by atoms with Gasteiger partial charge >= 0.3 is 0 Å². The highest BCUT2D eigenvalue weighted by Crippen LogP contribution is 2.19. The van der Waals surface area contributed by atoms with Gasteiger partial charge in [0.05, 0.1) is 13.2 Å². The number of amides is 1. The maximum absolute atomic E-state index is 12.7. The zero-order valence-corrected chi connectivity index (χ0v) is 19.0. The lowest BCUT2D eigenvalue weighted by molar-refractivity contribution is 0.0951. The molecule has 34 heavy (non-hydrogen) atoms. The smallest absolute Gasteiger partial charge is 0.251 e. The first-order chi connectivity index (χ1) is 16.7. The van der Waals surface area contributed by atoms with E-state index in [1.54, 1.807) is 30.7 Å². The number of aromatic nitrogens is 5. The summed E-state index contributed by atoms with van der Waals surface area (Å²) in [4.78, 5) is 20.9. The first kappa shape index (κ1) is 23.1. The van der Waals surface area contributed by atoms with Crippen LogP contribution in [0.5, 0.6) is 0 Å². The Bertz CT molecular complexity index is 1240. The van der Waals surface area contributed by atoms with Crippen LogP contribution < -0.4 is 10.6 Å². The van der Waals surface area contributed by atoms with Gasteiger partial charge in [0.1, 0.15) is 0 Å². The summed E-state index contributed by atoms with van der Waals surface area (Å²) in [6, 6.07) is 13.0. The van der Waals surface area contributed by atoms with E-state index in [0.717, 1.165) is 28.8 Å². The van der Waals surface area contributed by atoms with Gasteiger partial charge < -0.3 is 20.3 Å². The number of nitrogens with zero attached hydrogens (tertiary/aromatic N) is 5. The van der Waals surface area contributed by atoms with Gasteiger partial charge in [0.15, 0.2) is 11.6 Å². The SMILES string of the molecule is CCc1cnccc1CNC(=O)c1cccc(NCc2nnc(-c3ccncc3)n2CCO)c1. The van der Waals surface area contributed by atoms with Crippen molar-refractivity contribution < 1.29 is 9.90 Å². The topological polar surface area (TPSA) is 118 Å². The van der Waals surface area contributed by atoms with Gasteiger partial charge in [-0.3, -0.25) is 14.8 Å². The molecule has 0 radical (unpaired) electrons. The fraction of sp³-hybridized carbons (Fsp3) is 0.240. The molecule has 0 fully saturated rings. The summed E-state index contributed by atoms with van der Waals surface area (Å²) in [5, 5.41) is 24.4. The van der Waals surface area contributed by atoms with Crippen molar-refractivity contribution in [3.63, 3.8) is 0 Å². The van der Waals surface area contributed by atoms with Gasteiger partial charge in [0.2, 0.25) is 0 Å². The van der Waals surface area contributed by atoms with E-state index in [0.29, 0.717) is 36.8 Å². The van der Waals surface area contributed by atoms with Crippen LogP contribution >= 0.6 is 0 Å². The zero-order valence-electron chi connectivity index (χ0n) is 19.0. The highest BCUT2D eigenvalue weighted by molar-refractivity contribution is 5.95. The molecular formula is C25H27N7O2. The van der Waals surface area contributed by atoms with Crippen LogP contribution in [0.1, 0.15) is 34.2 Å². The van der Waals surface area contributed by atoms with Crippen LogP contribution in [0.2, 0.25) is 0 Å². The molecule has 0 saturated carbocycles. The number of pyridine rings is 2. The van der Waals surface area contributed by atoms with Gasteiger partial charge in [-0.2, -0.15) is 0 Å². The van der Waals surface area contributed by atoms with Crippen LogP contribution in [0.3, 0.4) is 0 Å². The highest BCUT2D eigenvalue weighted by atomic mass is 16.3. The van der Waals surface area contributed by atoms with Gasteiger partial charge in [-0.15, -0.1) is 10.2 Å². The summed E-state index contributed by atoms with van der Waals surface area (Å²) >= 11 is 0. The molecule has 0 unspecified atom stereocenters. The number of anilines is 1. The molecule has 3 heterocycles. The van der Waals surface area contributed by atoms with Gasteiger partial charge in [-0.05, 0) is 53.9 Å². The molecule has 0 atom stereocenters. The van der Waals surface area contributed by atoms with Crippen molar-refractivity contribution in [2.45, 2.75) is 33.0 Å². The predicted octanol–water partition coefficient (Wildman–Crippen LogP) is 2.83. The van der Waals surface area contributed by atoms with Crippen LogP contribution in [-0.2, 0) is 26.1 Å². The third-order valence-electron chi connectivity index (χ3n) is 5.49. The zero-order chi connectivity index (χ0) is 23.8. The largest absolute Gasteiger partial charge is 0.395 e. The van der Waals surface area contributed by atoms with Crippen molar-refractivity contribution in [2.24, 2.45) is 0 Å². The van der Waals surface area contributed by atoms with Crippen molar-refractivity contribution in [3.8, 4) is 11.4 Å². The molecule has 0 aliphatic carbocycles. The lowest BCUT2D eigenvalue weighted by Crippen LogP contribution is -2.23. The normalized spacial score (nSPS) is 10.8. The molecule has 9 heteroatoms. The summed E-state index contributed by atoms with van der Waals surface area (Å²) in [6.45, 7) is 3.25. The summed E-state index contributed by atoms with van der Waals surface area (Å²) in [6.07, 6.45) is 7.82. The number of aryl methyl sites for hydroxylation is 1. The molecule has 9 nitrogen and oxygen atoms in total. The third kappa shape index (κ3) is 5.44. The summed E-state index contributed by atoms with van der Waals surface area (Å²) in [7, 11) is 0. The molecule has 3 aromatic heterocycles. The molecule has 1 amide bonds. The summed E-state index contributed by atoms with van der Waals surface area (Å²) in [5.74, 6) is 1.20. The lowest BCUT2D eigenvalue weighted by atomic mass is 10.1. The standard InChI is InChI=1S/C25H27N7O2/c1-2-18-15-27-11-8-21(18)16-29-25(34)20-4-3-5-22(14-20)28-17-23-30-31-24(32(23)12-13-33)19-6-9-26-10-7-19/h3-11,14-15,28,33H,2,12-13,16-17H2,1H3,(H,29,34). The molecular weight excluding hydrogens is 430 g/mol. The first-order valence-corrected chi connectivity index (χ1v) is 11.2. The van der Waals surface area contributed by atoms with Crippen LogP contribution in [0.25, 0.3) is 11.4 Å². The van der Waals surface area contributed by atoms with E-state index in [4.69, 9.17) is 0 Å². The highest BCUT2D eigenvalue weighted by Gasteiger charge is 2.14. The van der Waals surface area contributed by atoms with E-state index in [9.17, 15) is 9.90 Å². The van der Waals surface area contributed by atoms with E-state index >= 15 is 0 Å². The number of rotatable bonds is 10. The van der Waals surface area contributed by atoms with Gasteiger partial charge in [-0.1, -0.05) is 13.0 Å². The lowest BCUT2D eigenvalue weighted by Gasteiger charge is -2.12. The van der Waals surface area contributed by atoms with E-state index in [-0.39, 0.29) is 12.5 Å². The molecule has 174 valence electrons. The Morgan fingerprint density at radius 3 is 2.62 bits per heavy atom. The van der Waals surface area contributed by atoms with Crippen molar-refractivity contribution in [3.05, 3.63) is 89.8 Å². The van der Waals surface area contributed by atoms with Gasteiger partial charge in [0.25, 0.3) is 5.91 Å².